The minimum atomic E-state index is -3.13. The van der Waals surface area contributed by atoms with Gasteiger partial charge in [0.1, 0.15) is 0 Å². The van der Waals surface area contributed by atoms with Crippen LogP contribution in [0.5, 0.6) is 0 Å². The van der Waals surface area contributed by atoms with Gasteiger partial charge in [-0.3, -0.25) is 4.57 Å². The minimum Gasteiger partial charge on any atom is -0.326 e. The zero-order valence-electron chi connectivity index (χ0n) is 5.15. The number of hydrogen-bond acceptors (Lipinski definition) is 3. The van der Waals surface area contributed by atoms with E-state index in [1.54, 1.807) is 0 Å². The summed E-state index contributed by atoms with van der Waals surface area (Å²) in [7, 11) is -3.13. The average Bonchev–Trinajstić information content (AvgIpc) is 1.82. The van der Waals surface area contributed by atoms with Crippen molar-refractivity contribution in [2.45, 2.75) is 0 Å². The number of rotatable bonds is 2. The van der Waals surface area contributed by atoms with Gasteiger partial charge in [-0.15, -0.1) is 6.58 Å². The van der Waals surface area contributed by atoms with Gasteiger partial charge in [-0.1, -0.05) is 6.08 Å². The molecule has 0 fully saturated rings. The molecule has 0 aliphatic carbocycles. The molecule has 0 amide bonds. The van der Waals surface area contributed by atoms with Gasteiger partial charge < -0.3 is 9.79 Å². The first-order valence-corrected chi connectivity index (χ1v) is 3.51. The van der Waals surface area contributed by atoms with E-state index in [1.165, 1.54) is 12.2 Å². The Morgan fingerprint density at radius 1 is 1.70 bits per heavy atom. The molecule has 0 bridgehead atoms. The van der Waals surface area contributed by atoms with E-state index in [9.17, 15) is 4.79 Å². The molecule has 58 valence electrons. The molecule has 0 unspecified atom stereocenters. The van der Waals surface area contributed by atoms with Gasteiger partial charge in [-0.05, 0) is 0 Å². The molecule has 10 heavy (non-hydrogen) atoms. The third-order valence-electron chi connectivity index (χ3n) is 0.285. The highest BCUT2D eigenvalue weighted by Crippen LogP contribution is 1.98. The van der Waals surface area contributed by atoms with Gasteiger partial charge >= 0.3 is 8.25 Å². The molecule has 0 aliphatic rings. The van der Waals surface area contributed by atoms with Crippen molar-refractivity contribution in [2.75, 3.05) is 6.54 Å². The summed E-state index contributed by atoms with van der Waals surface area (Å²) in [6.45, 7) is 3.70. The fourth-order valence-electron chi connectivity index (χ4n) is 0.102. The van der Waals surface area contributed by atoms with Crippen molar-refractivity contribution in [3.63, 3.8) is 0 Å². The quantitative estimate of drug-likeness (QED) is 0.258. The van der Waals surface area contributed by atoms with Crippen LogP contribution in [-0.4, -0.2) is 22.4 Å². The van der Waals surface area contributed by atoms with E-state index in [0.717, 1.165) is 0 Å². The summed E-state index contributed by atoms with van der Waals surface area (Å²) in [4.78, 5) is 26.7. The molecular formula is C4H8NO4P. The summed E-state index contributed by atoms with van der Waals surface area (Å²) in [6, 6.07) is 0. The predicted molar refractivity (Wildman–Crippen MR) is 36.6 cm³/mol. The van der Waals surface area contributed by atoms with E-state index in [-0.39, 0.29) is 0 Å². The van der Waals surface area contributed by atoms with Crippen molar-refractivity contribution in [1.29, 1.82) is 0 Å². The van der Waals surface area contributed by atoms with E-state index in [4.69, 9.17) is 14.4 Å². The van der Waals surface area contributed by atoms with E-state index in [2.05, 4.69) is 11.6 Å². The molecule has 2 N–H and O–H groups in total. The predicted octanol–water partition coefficient (Wildman–Crippen LogP) is -0.131. The average molecular weight is 165 g/mol. The van der Waals surface area contributed by atoms with Crippen LogP contribution < -0.4 is 0 Å². The number of carbonyl (C=O) groups excluding carboxylic acids is 1. The Morgan fingerprint density at radius 3 is 2.20 bits per heavy atom. The molecule has 0 aliphatic heterocycles. The maximum atomic E-state index is 9.22. The van der Waals surface area contributed by atoms with Gasteiger partial charge in [0.2, 0.25) is 6.08 Å². The first kappa shape index (κ1) is 12.0. The van der Waals surface area contributed by atoms with Crippen LogP contribution in [0.25, 0.3) is 0 Å². The Bertz CT molecular complexity index is 147. The van der Waals surface area contributed by atoms with Crippen LogP contribution in [0.15, 0.2) is 17.6 Å². The molecular weight excluding hydrogens is 157 g/mol. The zero-order valence-corrected chi connectivity index (χ0v) is 6.15. The number of nitrogens with zero attached hydrogens (tertiary/aromatic N) is 1. The van der Waals surface area contributed by atoms with Gasteiger partial charge in [0.15, 0.2) is 0 Å². The number of isocyanates is 1. The van der Waals surface area contributed by atoms with Crippen molar-refractivity contribution in [3.05, 3.63) is 12.7 Å². The fraction of sp³-hybridized carbons (Fsp3) is 0.250. The highest BCUT2D eigenvalue weighted by atomic mass is 31.1. The first-order valence-electron chi connectivity index (χ1n) is 2.21. The van der Waals surface area contributed by atoms with Crippen LogP contribution in [-0.2, 0) is 9.36 Å². The van der Waals surface area contributed by atoms with E-state index < -0.39 is 8.25 Å². The standard InChI is InChI=1S/C4H5NO.H3O3P/c1-2-3-5-4-6;1-4(2)3/h2H,1,3H2;4H,(H2,1,2,3). The van der Waals surface area contributed by atoms with Crippen LogP contribution in [0.4, 0.5) is 0 Å². The summed E-state index contributed by atoms with van der Waals surface area (Å²) >= 11 is 0. The molecule has 0 rings (SSSR count). The molecule has 0 aromatic carbocycles. The maximum Gasteiger partial charge on any atom is 0.314 e. The lowest BCUT2D eigenvalue weighted by molar-refractivity contribution is 0.405. The van der Waals surface area contributed by atoms with Gasteiger partial charge in [0.05, 0.1) is 6.54 Å². The lowest BCUT2D eigenvalue weighted by Crippen LogP contribution is -1.63. The van der Waals surface area contributed by atoms with Crippen LogP contribution in [0.1, 0.15) is 0 Å². The van der Waals surface area contributed by atoms with Crippen molar-refractivity contribution >= 4 is 14.3 Å². The third-order valence-corrected chi connectivity index (χ3v) is 0.285. The Kier molecular flexibility index (Phi) is 13.3. The summed E-state index contributed by atoms with van der Waals surface area (Å²) in [5.41, 5.74) is 0. The summed E-state index contributed by atoms with van der Waals surface area (Å²) < 4.78 is 8.74. The molecule has 0 saturated heterocycles. The van der Waals surface area contributed by atoms with Crippen LogP contribution in [0.3, 0.4) is 0 Å². The molecule has 0 aromatic heterocycles. The van der Waals surface area contributed by atoms with Crippen molar-refractivity contribution in [3.8, 4) is 0 Å². The summed E-state index contributed by atoms with van der Waals surface area (Å²) in [6.07, 6.45) is 2.90. The van der Waals surface area contributed by atoms with Crippen LogP contribution >= 0.6 is 8.25 Å². The highest BCUT2D eigenvalue weighted by molar-refractivity contribution is 7.30. The van der Waals surface area contributed by atoms with Gasteiger partial charge in [0.25, 0.3) is 0 Å². The lowest BCUT2D eigenvalue weighted by Gasteiger charge is -1.64. The van der Waals surface area contributed by atoms with Crippen LogP contribution in [0, 0.1) is 0 Å². The molecule has 5 nitrogen and oxygen atoms in total. The molecule has 0 aromatic rings. The molecule has 0 radical (unpaired) electrons. The molecule has 0 spiro atoms. The third kappa shape index (κ3) is 55.5. The second-order valence-corrected chi connectivity index (χ2v) is 1.57. The SMILES string of the molecule is C=CCN=C=O.O=[PH](O)O. The molecule has 0 heterocycles. The van der Waals surface area contributed by atoms with E-state index in [1.807, 2.05) is 0 Å². The van der Waals surface area contributed by atoms with Crippen LogP contribution in [0.2, 0.25) is 0 Å². The fourth-order valence-corrected chi connectivity index (χ4v) is 0.102. The monoisotopic (exact) mass is 165 g/mol. The summed E-state index contributed by atoms with van der Waals surface area (Å²) in [5.74, 6) is 0. The van der Waals surface area contributed by atoms with E-state index in [0.29, 0.717) is 6.54 Å². The largest absolute Gasteiger partial charge is 0.326 e. The van der Waals surface area contributed by atoms with Crippen molar-refractivity contribution in [2.24, 2.45) is 4.99 Å². The number of hydrogen-bond donors (Lipinski definition) is 2. The van der Waals surface area contributed by atoms with Gasteiger partial charge in [-0.2, -0.15) is 0 Å². The van der Waals surface area contributed by atoms with Crippen molar-refractivity contribution in [1.82, 2.24) is 0 Å². The topological polar surface area (TPSA) is 87.0 Å². The van der Waals surface area contributed by atoms with Crippen molar-refractivity contribution < 1.29 is 19.1 Å². The Hall–Kier alpha value is -0.730. The maximum absolute atomic E-state index is 9.22. The van der Waals surface area contributed by atoms with E-state index >= 15 is 0 Å². The minimum absolute atomic E-state index is 0.378. The molecule has 6 heteroatoms. The Morgan fingerprint density at radius 2 is 2.10 bits per heavy atom. The lowest BCUT2D eigenvalue weighted by atomic mass is 10.7. The first-order chi connectivity index (χ1) is 4.65. The second kappa shape index (κ2) is 11.1. The van der Waals surface area contributed by atoms with Gasteiger partial charge in [0, 0.05) is 0 Å². The van der Waals surface area contributed by atoms with Gasteiger partial charge in [-0.25, -0.2) is 9.79 Å². The molecule has 0 saturated carbocycles. The second-order valence-electron chi connectivity index (χ2n) is 1.00. The normalized spacial score (nSPS) is 7.10. The Labute approximate surface area is 58.7 Å². The zero-order chi connectivity index (χ0) is 8.41. The molecule has 0 atom stereocenters. The smallest absolute Gasteiger partial charge is 0.314 e. The Balaban J connectivity index is 0. The summed E-state index contributed by atoms with van der Waals surface area (Å²) in [5, 5.41) is 0. The number of aliphatic imine (C=N–C) groups is 1. The highest BCUT2D eigenvalue weighted by Gasteiger charge is 1.61.